The first-order valence-electron chi connectivity index (χ1n) is 9.37. The number of aliphatic hydroxyl groups excluding tert-OH is 1. The van der Waals surface area contributed by atoms with E-state index >= 15 is 0 Å². The van der Waals surface area contributed by atoms with E-state index in [4.69, 9.17) is 4.74 Å². The second-order valence-corrected chi connectivity index (χ2v) is 7.19. The number of hydrogen-bond acceptors (Lipinski definition) is 5. The lowest BCUT2D eigenvalue weighted by Crippen LogP contribution is -2.39. The molecule has 0 radical (unpaired) electrons. The molecule has 1 aromatic heterocycles. The Bertz CT molecular complexity index is 525. The van der Waals surface area contributed by atoms with Crippen LogP contribution in [-0.4, -0.2) is 76.7 Å². The van der Waals surface area contributed by atoms with Gasteiger partial charge >= 0.3 is 0 Å². The molecule has 1 atom stereocenters. The van der Waals surface area contributed by atoms with Gasteiger partial charge in [0.25, 0.3) is 0 Å². The molecular formula is C18H32N4O2. The Balaban J connectivity index is 1.62. The summed E-state index contributed by atoms with van der Waals surface area (Å²) in [6.07, 6.45) is 4.08. The van der Waals surface area contributed by atoms with E-state index in [1.165, 1.54) is 37.2 Å². The predicted molar refractivity (Wildman–Crippen MR) is 94.1 cm³/mol. The summed E-state index contributed by atoms with van der Waals surface area (Å²) < 4.78 is 8.03. The number of rotatable bonds is 6. The van der Waals surface area contributed by atoms with Gasteiger partial charge in [0.2, 0.25) is 0 Å². The van der Waals surface area contributed by atoms with Gasteiger partial charge in [-0.05, 0) is 46.2 Å². The maximum absolute atomic E-state index is 9.18. The van der Waals surface area contributed by atoms with Gasteiger partial charge in [-0.3, -0.25) is 9.58 Å². The smallest absolute Gasteiger partial charge is 0.0828 e. The molecule has 2 saturated heterocycles. The van der Waals surface area contributed by atoms with Gasteiger partial charge in [-0.25, -0.2) is 0 Å². The summed E-state index contributed by atoms with van der Waals surface area (Å²) in [5.74, 6) is 0. The van der Waals surface area contributed by atoms with E-state index in [1.54, 1.807) is 0 Å². The van der Waals surface area contributed by atoms with Crippen LogP contribution in [0.2, 0.25) is 0 Å². The highest BCUT2D eigenvalue weighted by molar-refractivity contribution is 5.24. The van der Waals surface area contributed by atoms with E-state index < -0.39 is 0 Å². The molecule has 0 spiro atoms. The van der Waals surface area contributed by atoms with Crippen LogP contribution in [0.1, 0.15) is 36.2 Å². The van der Waals surface area contributed by atoms with Crippen LogP contribution in [0.3, 0.4) is 0 Å². The van der Waals surface area contributed by atoms with Crippen molar-refractivity contribution in [1.29, 1.82) is 0 Å². The summed E-state index contributed by atoms with van der Waals surface area (Å²) in [5, 5.41) is 13.8. The zero-order valence-electron chi connectivity index (χ0n) is 15.2. The number of hydrogen-bond donors (Lipinski definition) is 1. The molecule has 3 rings (SSSR count). The average Bonchev–Trinajstić information content (AvgIpc) is 3.07. The molecule has 1 unspecified atom stereocenters. The molecule has 0 bridgehead atoms. The second-order valence-electron chi connectivity index (χ2n) is 7.19. The summed E-state index contributed by atoms with van der Waals surface area (Å²) in [5.41, 5.74) is 3.58. The highest BCUT2D eigenvalue weighted by Gasteiger charge is 2.24. The summed E-state index contributed by atoms with van der Waals surface area (Å²) in [6, 6.07) is 0. The number of aryl methyl sites for hydroxylation is 1. The Morgan fingerprint density at radius 1 is 1.12 bits per heavy atom. The van der Waals surface area contributed by atoms with Crippen molar-refractivity contribution >= 4 is 0 Å². The van der Waals surface area contributed by atoms with Crippen LogP contribution in [0, 0.1) is 13.8 Å². The third kappa shape index (κ3) is 4.36. The van der Waals surface area contributed by atoms with Crippen molar-refractivity contribution in [1.82, 2.24) is 19.6 Å². The summed E-state index contributed by atoms with van der Waals surface area (Å²) in [7, 11) is 0. The third-order valence-electron chi connectivity index (χ3n) is 5.32. The minimum Gasteiger partial charge on any atom is -0.394 e. The van der Waals surface area contributed by atoms with E-state index in [9.17, 15) is 5.11 Å². The van der Waals surface area contributed by atoms with Crippen LogP contribution in [-0.2, 0) is 17.8 Å². The Labute approximate surface area is 145 Å². The molecule has 1 N–H and O–H groups in total. The maximum Gasteiger partial charge on any atom is 0.0828 e. The molecule has 1 aromatic rings. The summed E-state index contributed by atoms with van der Waals surface area (Å²) >= 11 is 0. The number of ether oxygens (including phenoxy) is 1. The zero-order valence-corrected chi connectivity index (χ0v) is 15.2. The minimum absolute atomic E-state index is 0.136. The molecule has 24 heavy (non-hydrogen) atoms. The van der Waals surface area contributed by atoms with Crippen molar-refractivity contribution in [2.24, 2.45) is 0 Å². The van der Waals surface area contributed by atoms with Crippen LogP contribution >= 0.6 is 0 Å². The van der Waals surface area contributed by atoms with E-state index in [0.717, 1.165) is 44.9 Å². The molecule has 0 aromatic carbocycles. The monoisotopic (exact) mass is 336 g/mol. The Kier molecular flexibility index (Phi) is 6.27. The molecule has 2 fully saturated rings. The largest absolute Gasteiger partial charge is 0.394 e. The number of nitrogens with zero attached hydrogens (tertiary/aromatic N) is 4. The lowest BCUT2D eigenvalue weighted by Gasteiger charge is -2.27. The van der Waals surface area contributed by atoms with E-state index in [0.29, 0.717) is 12.6 Å². The number of aliphatic hydroxyl groups is 1. The van der Waals surface area contributed by atoms with E-state index in [-0.39, 0.29) is 6.61 Å². The first-order chi connectivity index (χ1) is 11.7. The van der Waals surface area contributed by atoms with Crippen molar-refractivity contribution in [2.75, 3.05) is 45.9 Å². The molecular weight excluding hydrogens is 304 g/mol. The van der Waals surface area contributed by atoms with Crippen molar-refractivity contribution < 1.29 is 9.84 Å². The predicted octanol–water partition coefficient (Wildman–Crippen LogP) is 1.18. The maximum atomic E-state index is 9.18. The fourth-order valence-corrected chi connectivity index (χ4v) is 3.98. The number of aromatic nitrogens is 2. The van der Waals surface area contributed by atoms with Crippen LogP contribution in [0.25, 0.3) is 0 Å². The van der Waals surface area contributed by atoms with Gasteiger partial charge in [0.05, 0.1) is 24.9 Å². The Morgan fingerprint density at radius 3 is 2.62 bits per heavy atom. The van der Waals surface area contributed by atoms with Crippen molar-refractivity contribution in [3.63, 3.8) is 0 Å². The molecule has 6 nitrogen and oxygen atoms in total. The van der Waals surface area contributed by atoms with Gasteiger partial charge in [0, 0.05) is 44.0 Å². The molecule has 136 valence electrons. The van der Waals surface area contributed by atoms with Crippen LogP contribution in [0.4, 0.5) is 0 Å². The molecule has 0 saturated carbocycles. The fraction of sp³-hybridized carbons (Fsp3) is 0.833. The number of likely N-dealkylation sites (tertiary alicyclic amines) is 1. The highest BCUT2D eigenvalue weighted by Crippen LogP contribution is 2.19. The summed E-state index contributed by atoms with van der Waals surface area (Å²) in [6.45, 7) is 12.3. The molecule has 2 aliphatic rings. The van der Waals surface area contributed by atoms with Gasteiger partial charge in [0.1, 0.15) is 0 Å². The van der Waals surface area contributed by atoms with Crippen molar-refractivity contribution in [3.05, 3.63) is 17.0 Å². The SMILES string of the molecule is Cc1nn(CCO)c(C)c1CN1CCCOC(CN2CCCC2)C1. The second kappa shape index (κ2) is 8.43. The molecule has 0 aliphatic carbocycles. The molecule has 6 heteroatoms. The van der Waals surface area contributed by atoms with Crippen LogP contribution in [0.5, 0.6) is 0 Å². The fourth-order valence-electron chi connectivity index (χ4n) is 3.98. The highest BCUT2D eigenvalue weighted by atomic mass is 16.5. The van der Waals surface area contributed by atoms with Gasteiger partial charge in [-0.15, -0.1) is 0 Å². The third-order valence-corrected chi connectivity index (χ3v) is 5.32. The van der Waals surface area contributed by atoms with Gasteiger partial charge in [-0.2, -0.15) is 5.10 Å². The lowest BCUT2D eigenvalue weighted by atomic mass is 10.1. The molecule has 2 aliphatic heterocycles. The topological polar surface area (TPSA) is 53.8 Å². The molecule has 0 amide bonds. The first kappa shape index (κ1) is 17.9. The average molecular weight is 336 g/mol. The molecule has 3 heterocycles. The van der Waals surface area contributed by atoms with Gasteiger partial charge < -0.3 is 14.7 Å². The normalized spacial score (nSPS) is 23.7. The van der Waals surface area contributed by atoms with E-state index in [2.05, 4.69) is 28.7 Å². The van der Waals surface area contributed by atoms with Gasteiger partial charge in [-0.1, -0.05) is 0 Å². The van der Waals surface area contributed by atoms with Crippen molar-refractivity contribution in [2.45, 2.75) is 52.3 Å². The minimum atomic E-state index is 0.136. The first-order valence-corrected chi connectivity index (χ1v) is 9.37. The summed E-state index contributed by atoms with van der Waals surface area (Å²) in [4.78, 5) is 5.07. The lowest BCUT2D eigenvalue weighted by molar-refractivity contribution is 0.0307. The quantitative estimate of drug-likeness (QED) is 0.845. The van der Waals surface area contributed by atoms with Gasteiger partial charge in [0.15, 0.2) is 0 Å². The van der Waals surface area contributed by atoms with Crippen LogP contribution in [0.15, 0.2) is 0 Å². The Morgan fingerprint density at radius 2 is 1.88 bits per heavy atom. The standard InChI is InChI=1S/C18H32N4O2/c1-15-18(16(2)22(19-15)9-10-23)14-21-8-5-11-24-17(13-21)12-20-6-3-4-7-20/h17,23H,3-14H2,1-2H3. The Hall–Kier alpha value is -0.950. The van der Waals surface area contributed by atoms with Crippen molar-refractivity contribution in [3.8, 4) is 0 Å². The van der Waals surface area contributed by atoms with Crippen LogP contribution < -0.4 is 0 Å². The zero-order chi connectivity index (χ0) is 16.9. The van der Waals surface area contributed by atoms with E-state index in [1.807, 2.05) is 4.68 Å².